The molecule has 128 valence electrons. The van der Waals surface area contributed by atoms with Gasteiger partial charge in [0.25, 0.3) is 5.91 Å². The topological polar surface area (TPSA) is 84.8 Å². The summed E-state index contributed by atoms with van der Waals surface area (Å²) in [5.41, 5.74) is 3.13. The number of benzene rings is 1. The quantitative estimate of drug-likeness (QED) is 0.763. The van der Waals surface area contributed by atoms with Gasteiger partial charge in [-0.25, -0.2) is 0 Å². The van der Waals surface area contributed by atoms with E-state index in [1.54, 1.807) is 16.9 Å². The number of hydrogen-bond donors (Lipinski definition) is 2. The van der Waals surface area contributed by atoms with Crippen molar-refractivity contribution in [3.63, 3.8) is 0 Å². The smallest absolute Gasteiger partial charge is 0.269 e. The molecule has 25 heavy (non-hydrogen) atoms. The highest BCUT2D eigenvalue weighted by molar-refractivity contribution is 5.93. The normalized spacial score (nSPS) is 19.9. The lowest BCUT2D eigenvalue weighted by atomic mass is 10.1. The Morgan fingerprint density at radius 2 is 2.20 bits per heavy atom. The molecule has 1 aromatic carbocycles. The van der Waals surface area contributed by atoms with Crippen molar-refractivity contribution in [1.29, 1.82) is 0 Å². The molecule has 2 N–H and O–H groups in total. The van der Waals surface area contributed by atoms with E-state index in [0.29, 0.717) is 12.3 Å². The monoisotopic (exact) mass is 337 g/mol. The van der Waals surface area contributed by atoms with Gasteiger partial charge in [0.15, 0.2) is 0 Å². The van der Waals surface area contributed by atoms with Crippen molar-refractivity contribution < 1.29 is 9.53 Å². The standard InChI is InChI=1S/C18H19N5O2/c1-23-11-13(10-19-23)17-14(7-8-25-17)20-18(24)16-9-15(21-22-16)12-5-3-2-4-6-12/h2-6,9-11,14,17H,7-8H2,1H3,(H,20,24)(H,21,22)/t14-,17+/m0/s1. The molecule has 0 spiro atoms. The van der Waals surface area contributed by atoms with Gasteiger partial charge in [-0.2, -0.15) is 10.2 Å². The Bertz CT molecular complexity index is 870. The first-order chi connectivity index (χ1) is 12.2. The summed E-state index contributed by atoms with van der Waals surface area (Å²) in [4.78, 5) is 12.6. The molecule has 0 unspecified atom stereocenters. The van der Waals surface area contributed by atoms with Crippen molar-refractivity contribution in [2.24, 2.45) is 7.05 Å². The molecule has 7 nitrogen and oxygen atoms in total. The van der Waals surface area contributed by atoms with Crippen LogP contribution in [0.15, 0.2) is 48.8 Å². The van der Waals surface area contributed by atoms with Gasteiger partial charge in [-0.15, -0.1) is 0 Å². The van der Waals surface area contributed by atoms with E-state index in [-0.39, 0.29) is 18.1 Å². The molecule has 4 rings (SSSR count). The zero-order chi connectivity index (χ0) is 17.2. The third kappa shape index (κ3) is 3.18. The minimum atomic E-state index is -0.181. The van der Waals surface area contributed by atoms with Gasteiger partial charge in [-0.3, -0.25) is 14.6 Å². The molecule has 1 saturated heterocycles. The van der Waals surface area contributed by atoms with E-state index >= 15 is 0 Å². The summed E-state index contributed by atoms with van der Waals surface area (Å²) in [5, 5.41) is 14.3. The molecular weight excluding hydrogens is 318 g/mol. The lowest BCUT2D eigenvalue weighted by molar-refractivity contribution is 0.0818. The van der Waals surface area contributed by atoms with Gasteiger partial charge in [-0.05, 0) is 12.5 Å². The van der Waals surface area contributed by atoms with E-state index in [0.717, 1.165) is 23.2 Å². The Morgan fingerprint density at radius 3 is 2.96 bits per heavy atom. The number of hydrogen-bond acceptors (Lipinski definition) is 4. The van der Waals surface area contributed by atoms with Crippen LogP contribution in [0.25, 0.3) is 11.3 Å². The summed E-state index contributed by atoms with van der Waals surface area (Å²) in [6.45, 7) is 0.614. The van der Waals surface area contributed by atoms with E-state index in [2.05, 4.69) is 20.6 Å². The highest BCUT2D eigenvalue weighted by Crippen LogP contribution is 2.29. The van der Waals surface area contributed by atoms with Gasteiger partial charge < -0.3 is 10.1 Å². The van der Waals surface area contributed by atoms with Gasteiger partial charge in [0.05, 0.1) is 17.9 Å². The highest BCUT2D eigenvalue weighted by atomic mass is 16.5. The third-order valence-corrected chi connectivity index (χ3v) is 4.35. The van der Waals surface area contributed by atoms with Crippen LogP contribution in [0.3, 0.4) is 0 Å². The van der Waals surface area contributed by atoms with Gasteiger partial charge in [0, 0.05) is 31.0 Å². The van der Waals surface area contributed by atoms with E-state index in [1.807, 2.05) is 43.6 Å². The zero-order valence-electron chi connectivity index (χ0n) is 13.8. The number of carbonyl (C=O) groups is 1. The maximum absolute atomic E-state index is 12.6. The Balaban J connectivity index is 1.47. The molecule has 2 atom stereocenters. The number of nitrogens with one attached hydrogen (secondary N) is 2. The molecule has 0 radical (unpaired) electrons. The first-order valence-corrected chi connectivity index (χ1v) is 8.22. The SMILES string of the molecule is Cn1cc([C@H]2OCC[C@@H]2NC(=O)c2cc(-c3ccccc3)n[nH]2)cn1. The maximum Gasteiger partial charge on any atom is 0.269 e. The van der Waals surface area contributed by atoms with Gasteiger partial charge >= 0.3 is 0 Å². The second-order valence-electron chi connectivity index (χ2n) is 6.14. The predicted octanol–water partition coefficient (Wildman–Crippen LogP) is 2.07. The first-order valence-electron chi connectivity index (χ1n) is 8.22. The number of carbonyl (C=O) groups excluding carboxylic acids is 1. The van der Waals surface area contributed by atoms with Crippen molar-refractivity contribution in [1.82, 2.24) is 25.3 Å². The molecule has 0 bridgehead atoms. The van der Waals surface area contributed by atoms with Crippen LogP contribution in [0.1, 0.15) is 28.6 Å². The molecule has 3 heterocycles. The van der Waals surface area contributed by atoms with Crippen LogP contribution >= 0.6 is 0 Å². The predicted molar refractivity (Wildman–Crippen MR) is 91.8 cm³/mol. The number of rotatable bonds is 4. The Hall–Kier alpha value is -2.93. The van der Waals surface area contributed by atoms with Crippen molar-refractivity contribution >= 4 is 5.91 Å². The van der Waals surface area contributed by atoms with Crippen LogP contribution in [-0.2, 0) is 11.8 Å². The highest BCUT2D eigenvalue weighted by Gasteiger charge is 2.32. The van der Waals surface area contributed by atoms with Gasteiger partial charge in [0.2, 0.25) is 0 Å². The molecule has 0 aliphatic carbocycles. The average molecular weight is 337 g/mol. The number of H-pyrrole nitrogens is 1. The minimum Gasteiger partial charge on any atom is -0.371 e. The molecule has 1 aliphatic heterocycles. The second kappa shape index (κ2) is 6.52. The fourth-order valence-electron chi connectivity index (χ4n) is 3.09. The largest absolute Gasteiger partial charge is 0.371 e. The molecule has 0 saturated carbocycles. The number of amides is 1. The molecule has 3 aromatic rings. The summed E-state index contributed by atoms with van der Waals surface area (Å²) in [5.74, 6) is -0.181. The fraction of sp³-hybridized carbons (Fsp3) is 0.278. The second-order valence-corrected chi connectivity index (χ2v) is 6.14. The Kier molecular flexibility index (Phi) is 4.07. The van der Waals surface area contributed by atoms with Crippen molar-refractivity contribution in [3.8, 4) is 11.3 Å². The van der Waals surface area contributed by atoms with E-state index in [4.69, 9.17) is 4.74 Å². The molecule has 1 aliphatic rings. The van der Waals surface area contributed by atoms with Crippen LogP contribution < -0.4 is 5.32 Å². The number of aromatic nitrogens is 4. The number of aryl methyl sites for hydroxylation is 1. The number of nitrogens with zero attached hydrogens (tertiary/aromatic N) is 3. The maximum atomic E-state index is 12.6. The van der Waals surface area contributed by atoms with Crippen molar-refractivity contribution in [3.05, 3.63) is 60.0 Å². The van der Waals surface area contributed by atoms with Crippen molar-refractivity contribution in [2.75, 3.05) is 6.61 Å². The van der Waals surface area contributed by atoms with Gasteiger partial charge in [0.1, 0.15) is 11.8 Å². The fourth-order valence-corrected chi connectivity index (χ4v) is 3.09. The van der Waals surface area contributed by atoms with Gasteiger partial charge in [-0.1, -0.05) is 30.3 Å². The molecule has 1 amide bonds. The van der Waals surface area contributed by atoms with E-state index < -0.39 is 0 Å². The molecule has 7 heteroatoms. The van der Waals surface area contributed by atoms with Crippen LogP contribution in [-0.4, -0.2) is 38.5 Å². The summed E-state index contributed by atoms with van der Waals surface area (Å²) in [7, 11) is 1.86. The first kappa shape index (κ1) is 15.6. The minimum absolute atomic E-state index is 0.0832. The third-order valence-electron chi connectivity index (χ3n) is 4.35. The lowest BCUT2D eigenvalue weighted by Crippen LogP contribution is -2.36. The Labute approximate surface area is 145 Å². The Morgan fingerprint density at radius 1 is 1.36 bits per heavy atom. The van der Waals surface area contributed by atoms with Crippen LogP contribution in [0.4, 0.5) is 0 Å². The molecule has 1 fully saturated rings. The summed E-state index contributed by atoms with van der Waals surface area (Å²) in [6, 6.07) is 11.4. The van der Waals surface area contributed by atoms with Crippen molar-refractivity contribution in [2.45, 2.75) is 18.6 Å². The zero-order valence-corrected chi connectivity index (χ0v) is 13.8. The summed E-state index contributed by atoms with van der Waals surface area (Å²) in [6.07, 6.45) is 4.29. The van der Waals surface area contributed by atoms with Crippen LogP contribution in [0.2, 0.25) is 0 Å². The van der Waals surface area contributed by atoms with Crippen LogP contribution in [0, 0.1) is 0 Å². The molecule has 2 aromatic heterocycles. The lowest BCUT2D eigenvalue weighted by Gasteiger charge is -2.18. The number of ether oxygens (including phenoxy) is 1. The molecular formula is C18H19N5O2. The van der Waals surface area contributed by atoms with Crippen LogP contribution in [0.5, 0.6) is 0 Å². The number of aromatic amines is 1. The van der Waals surface area contributed by atoms with E-state index in [1.165, 1.54) is 0 Å². The summed E-state index contributed by atoms with van der Waals surface area (Å²) >= 11 is 0. The average Bonchev–Trinajstić information content (AvgIpc) is 3.35. The summed E-state index contributed by atoms with van der Waals surface area (Å²) < 4.78 is 7.52. The van der Waals surface area contributed by atoms with E-state index in [9.17, 15) is 4.79 Å².